The maximum absolute atomic E-state index is 13.7. The SMILES string of the molecule is Cc1c(C(=O)N2CCN(c3ccccc3Cl)CC2)cc(-c2ccc(F)cc2)n1-c1ccccc1Cl. The van der Waals surface area contributed by atoms with Gasteiger partial charge in [0.15, 0.2) is 0 Å². The number of para-hydroxylation sites is 2. The van der Waals surface area contributed by atoms with Crippen LogP contribution in [0.5, 0.6) is 0 Å². The van der Waals surface area contributed by atoms with Crippen molar-refractivity contribution in [3.63, 3.8) is 0 Å². The van der Waals surface area contributed by atoms with E-state index >= 15 is 0 Å². The largest absolute Gasteiger partial charge is 0.367 e. The predicted octanol–water partition coefficient (Wildman–Crippen LogP) is 6.86. The highest BCUT2D eigenvalue weighted by Gasteiger charge is 2.27. The second-order valence-corrected chi connectivity index (χ2v) is 9.37. The fraction of sp³-hybridized carbons (Fsp3) is 0.179. The van der Waals surface area contributed by atoms with E-state index in [0.717, 1.165) is 28.3 Å². The van der Waals surface area contributed by atoms with Crippen LogP contribution in [0.25, 0.3) is 16.9 Å². The Morgan fingerprint density at radius 2 is 1.37 bits per heavy atom. The molecule has 0 saturated carbocycles. The molecule has 1 amide bonds. The highest BCUT2D eigenvalue weighted by Crippen LogP contribution is 2.33. The lowest BCUT2D eigenvalue weighted by Gasteiger charge is -2.36. The van der Waals surface area contributed by atoms with Crippen molar-refractivity contribution in [2.45, 2.75) is 6.92 Å². The first kappa shape index (κ1) is 23.5. The number of nitrogens with zero attached hydrogens (tertiary/aromatic N) is 3. The highest BCUT2D eigenvalue weighted by molar-refractivity contribution is 6.33. The van der Waals surface area contributed by atoms with Gasteiger partial charge in [0.2, 0.25) is 0 Å². The van der Waals surface area contributed by atoms with E-state index in [0.29, 0.717) is 41.8 Å². The van der Waals surface area contributed by atoms with Crippen molar-refractivity contribution >= 4 is 34.8 Å². The number of rotatable bonds is 4. The molecule has 1 aromatic heterocycles. The molecule has 0 radical (unpaired) electrons. The molecule has 1 fully saturated rings. The van der Waals surface area contributed by atoms with Gasteiger partial charge in [0, 0.05) is 31.9 Å². The lowest BCUT2D eigenvalue weighted by atomic mass is 10.1. The van der Waals surface area contributed by atoms with Gasteiger partial charge in [0.05, 0.1) is 32.7 Å². The van der Waals surface area contributed by atoms with Gasteiger partial charge in [-0.15, -0.1) is 0 Å². The fourth-order valence-corrected chi connectivity index (χ4v) is 5.10. The molecule has 0 spiro atoms. The summed E-state index contributed by atoms with van der Waals surface area (Å²) in [5, 5.41) is 1.28. The quantitative estimate of drug-likeness (QED) is 0.301. The van der Waals surface area contributed by atoms with Crippen molar-refractivity contribution in [1.29, 1.82) is 0 Å². The maximum Gasteiger partial charge on any atom is 0.255 e. The molecule has 35 heavy (non-hydrogen) atoms. The van der Waals surface area contributed by atoms with E-state index in [1.807, 2.05) is 71.0 Å². The number of halogens is 3. The van der Waals surface area contributed by atoms with Crippen LogP contribution >= 0.6 is 23.2 Å². The van der Waals surface area contributed by atoms with E-state index < -0.39 is 0 Å². The molecule has 178 valence electrons. The number of benzene rings is 3. The molecule has 0 atom stereocenters. The van der Waals surface area contributed by atoms with Crippen LogP contribution in [0.2, 0.25) is 10.0 Å². The van der Waals surface area contributed by atoms with Crippen LogP contribution in [-0.2, 0) is 0 Å². The Kier molecular flexibility index (Phi) is 6.54. The average Bonchev–Trinajstić information content (AvgIpc) is 3.21. The molecule has 5 rings (SSSR count). The number of aromatic nitrogens is 1. The molecule has 3 aromatic carbocycles. The summed E-state index contributed by atoms with van der Waals surface area (Å²) in [6.45, 7) is 4.50. The molecular formula is C28H24Cl2FN3O. The number of hydrogen-bond donors (Lipinski definition) is 0. The zero-order chi connectivity index (χ0) is 24.5. The van der Waals surface area contributed by atoms with E-state index in [1.54, 1.807) is 12.1 Å². The van der Waals surface area contributed by atoms with Crippen LogP contribution in [0.4, 0.5) is 10.1 Å². The Morgan fingerprint density at radius 1 is 0.800 bits per heavy atom. The van der Waals surface area contributed by atoms with Gasteiger partial charge in [-0.1, -0.05) is 47.5 Å². The molecule has 1 aliphatic rings. The van der Waals surface area contributed by atoms with Crippen molar-refractivity contribution in [3.8, 4) is 16.9 Å². The van der Waals surface area contributed by atoms with Gasteiger partial charge in [0.25, 0.3) is 5.91 Å². The molecule has 2 heterocycles. The number of piperazine rings is 1. The molecule has 0 N–H and O–H groups in total. The van der Waals surface area contributed by atoms with Crippen LogP contribution in [-0.4, -0.2) is 41.6 Å². The van der Waals surface area contributed by atoms with Crippen LogP contribution in [0, 0.1) is 12.7 Å². The Morgan fingerprint density at radius 3 is 1.97 bits per heavy atom. The Labute approximate surface area is 214 Å². The van der Waals surface area contributed by atoms with Crippen LogP contribution < -0.4 is 4.90 Å². The summed E-state index contributed by atoms with van der Waals surface area (Å²) in [4.78, 5) is 17.8. The molecule has 0 unspecified atom stereocenters. The average molecular weight is 508 g/mol. The topological polar surface area (TPSA) is 28.5 Å². The summed E-state index contributed by atoms with van der Waals surface area (Å²) in [5.74, 6) is -0.343. The maximum atomic E-state index is 13.7. The molecule has 0 aliphatic carbocycles. The molecule has 1 saturated heterocycles. The first-order valence-electron chi connectivity index (χ1n) is 11.5. The molecule has 0 bridgehead atoms. The van der Waals surface area contributed by atoms with Crippen molar-refractivity contribution in [3.05, 3.63) is 106 Å². The van der Waals surface area contributed by atoms with Crippen molar-refractivity contribution in [2.75, 3.05) is 31.1 Å². The van der Waals surface area contributed by atoms with E-state index in [9.17, 15) is 9.18 Å². The summed E-state index contributed by atoms with van der Waals surface area (Å²) in [5.41, 5.74) is 4.74. The predicted molar refractivity (Wildman–Crippen MR) is 140 cm³/mol. The summed E-state index contributed by atoms with van der Waals surface area (Å²) in [6.07, 6.45) is 0. The smallest absolute Gasteiger partial charge is 0.255 e. The Balaban J connectivity index is 1.48. The van der Waals surface area contributed by atoms with Gasteiger partial charge in [-0.2, -0.15) is 0 Å². The lowest BCUT2D eigenvalue weighted by Crippen LogP contribution is -2.49. The normalized spacial score (nSPS) is 13.8. The van der Waals surface area contributed by atoms with E-state index in [-0.39, 0.29) is 11.7 Å². The third-order valence-corrected chi connectivity index (χ3v) is 7.11. The van der Waals surface area contributed by atoms with E-state index in [4.69, 9.17) is 23.2 Å². The summed E-state index contributed by atoms with van der Waals surface area (Å²) in [7, 11) is 0. The summed E-state index contributed by atoms with van der Waals surface area (Å²) < 4.78 is 15.6. The van der Waals surface area contributed by atoms with Crippen LogP contribution in [0.15, 0.2) is 78.9 Å². The minimum Gasteiger partial charge on any atom is -0.367 e. The van der Waals surface area contributed by atoms with Gasteiger partial charge < -0.3 is 14.4 Å². The van der Waals surface area contributed by atoms with Crippen molar-refractivity contribution in [1.82, 2.24) is 9.47 Å². The highest BCUT2D eigenvalue weighted by atomic mass is 35.5. The second-order valence-electron chi connectivity index (χ2n) is 8.55. The van der Waals surface area contributed by atoms with Crippen LogP contribution in [0.3, 0.4) is 0 Å². The number of carbonyl (C=O) groups is 1. The third-order valence-electron chi connectivity index (χ3n) is 6.47. The van der Waals surface area contributed by atoms with Gasteiger partial charge in [0.1, 0.15) is 5.82 Å². The first-order chi connectivity index (χ1) is 16.9. The monoisotopic (exact) mass is 507 g/mol. The zero-order valence-corrected chi connectivity index (χ0v) is 20.7. The van der Waals surface area contributed by atoms with Crippen molar-refractivity contribution in [2.24, 2.45) is 0 Å². The van der Waals surface area contributed by atoms with E-state index in [1.165, 1.54) is 12.1 Å². The second kappa shape index (κ2) is 9.76. The summed E-state index contributed by atoms with van der Waals surface area (Å²) in [6, 6.07) is 23.4. The fourth-order valence-electron chi connectivity index (χ4n) is 4.63. The number of amides is 1. The first-order valence-corrected chi connectivity index (χ1v) is 12.2. The van der Waals surface area contributed by atoms with Gasteiger partial charge >= 0.3 is 0 Å². The Bertz CT molecular complexity index is 1380. The van der Waals surface area contributed by atoms with Gasteiger partial charge in [-0.25, -0.2) is 4.39 Å². The summed E-state index contributed by atoms with van der Waals surface area (Å²) >= 11 is 12.9. The standard InChI is InChI=1S/C28H24Cl2FN3O/c1-19-22(28(35)33-16-14-32(15-17-33)25-8-4-2-6-23(25)29)18-27(20-10-12-21(31)13-11-20)34(19)26-9-5-3-7-24(26)30/h2-13,18H,14-17H2,1H3. The molecule has 4 aromatic rings. The lowest BCUT2D eigenvalue weighted by molar-refractivity contribution is 0.0746. The molecular weight excluding hydrogens is 484 g/mol. The van der Waals surface area contributed by atoms with Gasteiger partial charge in [-0.05, 0) is 67.1 Å². The minimum absolute atomic E-state index is 0.0320. The zero-order valence-electron chi connectivity index (χ0n) is 19.2. The number of anilines is 1. The molecule has 1 aliphatic heterocycles. The van der Waals surface area contributed by atoms with E-state index in [2.05, 4.69) is 4.90 Å². The Hall–Kier alpha value is -3.28. The third kappa shape index (κ3) is 4.54. The van der Waals surface area contributed by atoms with Crippen molar-refractivity contribution < 1.29 is 9.18 Å². The molecule has 7 heteroatoms. The molecule has 4 nitrogen and oxygen atoms in total. The number of carbonyl (C=O) groups excluding carboxylic acids is 1. The van der Waals surface area contributed by atoms with Crippen LogP contribution in [0.1, 0.15) is 16.1 Å². The van der Waals surface area contributed by atoms with Gasteiger partial charge in [-0.3, -0.25) is 4.79 Å². The number of hydrogen-bond acceptors (Lipinski definition) is 2. The minimum atomic E-state index is -0.311.